The Bertz CT molecular complexity index is 360. The van der Waals surface area contributed by atoms with E-state index in [-0.39, 0.29) is 5.91 Å². The van der Waals surface area contributed by atoms with Gasteiger partial charge in [-0.2, -0.15) is 5.10 Å². The quantitative estimate of drug-likeness (QED) is 0.698. The van der Waals surface area contributed by atoms with Crippen molar-refractivity contribution < 1.29 is 4.79 Å². The van der Waals surface area contributed by atoms with E-state index >= 15 is 0 Å². The van der Waals surface area contributed by atoms with E-state index in [0.717, 1.165) is 19.6 Å². The first-order valence-electron chi connectivity index (χ1n) is 5.19. The van der Waals surface area contributed by atoms with Crippen LogP contribution in [-0.4, -0.2) is 46.3 Å². The lowest BCUT2D eigenvalue weighted by molar-refractivity contribution is 0.0698. The molecule has 0 aromatic carbocycles. The topological polar surface area (TPSA) is 50.2 Å². The van der Waals surface area contributed by atoms with Gasteiger partial charge in [0.15, 0.2) is 0 Å². The molecular weight excluding hydrogens is 192 g/mol. The minimum atomic E-state index is 0.0725. The van der Waals surface area contributed by atoms with Gasteiger partial charge in [-0.05, 0) is 13.0 Å². The Balaban J connectivity index is 2.11. The first-order chi connectivity index (χ1) is 7.18. The normalized spacial score (nSPS) is 21.7. The highest BCUT2D eigenvalue weighted by atomic mass is 16.2. The first-order valence-corrected chi connectivity index (χ1v) is 5.19. The SMILES string of the molecule is CC1CN(C(=O)c2ccnn2C)CCN1. The third kappa shape index (κ3) is 2.02. The largest absolute Gasteiger partial charge is 0.335 e. The van der Waals surface area contributed by atoms with Crippen LogP contribution in [0.1, 0.15) is 17.4 Å². The predicted octanol–water partition coefficient (Wildman–Crippen LogP) is -0.146. The standard InChI is InChI=1S/C10H16N4O/c1-8-7-14(6-5-11-8)10(15)9-3-4-12-13(9)2/h3-4,8,11H,5-7H2,1-2H3. The average Bonchev–Trinajstić information content (AvgIpc) is 2.63. The molecule has 1 unspecified atom stereocenters. The van der Waals surface area contributed by atoms with Gasteiger partial charge >= 0.3 is 0 Å². The molecule has 5 nitrogen and oxygen atoms in total. The third-order valence-corrected chi connectivity index (χ3v) is 2.70. The molecular formula is C10H16N4O. The van der Waals surface area contributed by atoms with E-state index in [1.165, 1.54) is 0 Å². The Morgan fingerprint density at radius 3 is 3.07 bits per heavy atom. The molecule has 1 aromatic heterocycles. The van der Waals surface area contributed by atoms with E-state index < -0.39 is 0 Å². The fourth-order valence-corrected chi connectivity index (χ4v) is 1.86. The number of hydrogen-bond acceptors (Lipinski definition) is 3. The van der Waals surface area contributed by atoms with Crippen LogP contribution in [0.4, 0.5) is 0 Å². The van der Waals surface area contributed by atoms with Gasteiger partial charge in [-0.1, -0.05) is 0 Å². The fraction of sp³-hybridized carbons (Fsp3) is 0.600. The van der Waals surface area contributed by atoms with Crippen LogP contribution in [0.5, 0.6) is 0 Å². The van der Waals surface area contributed by atoms with E-state index in [4.69, 9.17) is 0 Å². The maximum Gasteiger partial charge on any atom is 0.272 e. The van der Waals surface area contributed by atoms with E-state index in [9.17, 15) is 4.79 Å². The molecule has 82 valence electrons. The van der Waals surface area contributed by atoms with Crippen LogP contribution >= 0.6 is 0 Å². The molecule has 0 radical (unpaired) electrons. The van der Waals surface area contributed by atoms with E-state index in [1.54, 1.807) is 24.0 Å². The maximum atomic E-state index is 12.1. The van der Waals surface area contributed by atoms with Gasteiger partial charge in [-0.25, -0.2) is 0 Å². The zero-order valence-electron chi connectivity index (χ0n) is 9.10. The molecule has 5 heteroatoms. The van der Waals surface area contributed by atoms with E-state index in [1.807, 2.05) is 4.90 Å². The van der Waals surface area contributed by atoms with Crippen molar-refractivity contribution in [2.24, 2.45) is 7.05 Å². The highest BCUT2D eigenvalue weighted by Crippen LogP contribution is 2.06. The van der Waals surface area contributed by atoms with E-state index in [0.29, 0.717) is 11.7 Å². The Morgan fingerprint density at radius 2 is 2.47 bits per heavy atom. The summed E-state index contributed by atoms with van der Waals surface area (Å²) < 4.78 is 1.62. The van der Waals surface area contributed by atoms with Gasteiger partial charge in [0, 0.05) is 38.9 Å². The molecule has 1 amide bonds. The van der Waals surface area contributed by atoms with Crippen LogP contribution in [0.25, 0.3) is 0 Å². The Labute approximate surface area is 89.1 Å². The number of nitrogens with one attached hydrogen (secondary N) is 1. The minimum Gasteiger partial charge on any atom is -0.335 e. The number of nitrogens with zero attached hydrogens (tertiary/aromatic N) is 3. The van der Waals surface area contributed by atoms with Crippen molar-refractivity contribution >= 4 is 5.91 Å². The summed E-state index contributed by atoms with van der Waals surface area (Å²) in [5.74, 6) is 0.0725. The van der Waals surface area contributed by atoms with Gasteiger partial charge in [0.25, 0.3) is 5.91 Å². The van der Waals surface area contributed by atoms with Crippen LogP contribution in [0, 0.1) is 0 Å². The van der Waals surface area contributed by atoms with Crippen LogP contribution < -0.4 is 5.32 Å². The van der Waals surface area contributed by atoms with Crippen molar-refractivity contribution in [2.45, 2.75) is 13.0 Å². The predicted molar refractivity (Wildman–Crippen MR) is 56.6 cm³/mol. The van der Waals surface area contributed by atoms with Crippen LogP contribution in [0.15, 0.2) is 12.3 Å². The van der Waals surface area contributed by atoms with Crippen molar-refractivity contribution in [1.82, 2.24) is 20.0 Å². The van der Waals surface area contributed by atoms with Gasteiger partial charge in [0.05, 0.1) is 0 Å². The van der Waals surface area contributed by atoms with Gasteiger partial charge in [0.2, 0.25) is 0 Å². The summed E-state index contributed by atoms with van der Waals surface area (Å²) in [6.45, 7) is 4.49. The summed E-state index contributed by atoms with van der Waals surface area (Å²) in [5.41, 5.74) is 0.657. The summed E-state index contributed by atoms with van der Waals surface area (Å²) in [5, 5.41) is 7.32. The van der Waals surface area contributed by atoms with Crippen molar-refractivity contribution in [2.75, 3.05) is 19.6 Å². The second-order valence-electron chi connectivity index (χ2n) is 3.95. The number of hydrogen-bond donors (Lipinski definition) is 1. The second kappa shape index (κ2) is 4.02. The maximum absolute atomic E-state index is 12.1. The zero-order chi connectivity index (χ0) is 10.8. The lowest BCUT2D eigenvalue weighted by Gasteiger charge is -2.31. The summed E-state index contributed by atoms with van der Waals surface area (Å²) in [6.07, 6.45) is 1.65. The minimum absolute atomic E-state index is 0.0725. The Morgan fingerprint density at radius 1 is 1.67 bits per heavy atom. The van der Waals surface area contributed by atoms with Crippen LogP contribution in [0.2, 0.25) is 0 Å². The monoisotopic (exact) mass is 208 g/mol. The highest BCUT2D eigenvalue weighted by Gasteiger charge is 2.23. The number of aryl methyl sites for hydroxylation is 1. The number of amides is 1. The van der Waals surface area contributed by atoms with Gasteiger partial charge in [-0.15, -0.1) is 0 Å². The molecule has 0 aliphatic carbocycles. The van der Waals surface area contributed by atoms with Crippen LogP contribution in [0.3, 0.4) is 0 Å². The number of carbonyl (C=O) groups excluding carboxylic acids is 1. The van der Waals surface area contributed by atoms with Crippen LogP contribution in [-0.2, 0) is 7.05 Å². The molecule has 0 saturated carbocycles. The highest BCUT2D eigenvalue weighted by molar-refractivity contribution is 5.92. The average molecular weight is 208 g/mol. The summed E-state index contributed by atoms with van der Waals surface area (Å²) in [6, 6.07) is 2.13. The molecule has 1 saturated heterocycles. The number of piperazine rings is 1. The Kier molecular flexibility index (Phi) is 2.73. The molecule has 0 spiro atoms. The first kappa shape index (κ1) is 10.2. The molecule has 1 fully saturated rings. The zero-order valence-corrected chi connectivity index (χ0v) is 9.10. The molecule has 1 N–H and O–H groups in total. The molecule has 1 aliphatic rings. The smallest absolute Gasteiger partial charge is 0.272 e. The van der Waals surface area contributed by atoms with E-state index in [2.05, 4.69) is 17.3 Å². The van der Waals surface area contributed by atoms with Crippen molar-refractivity contribution in [3.63, 3.8) is 0 Å². The molecule has 2 rings (SSSR count). The van der Waals surface area contributed by atoms with Gasteiger partial charge in [0.1, 0.15) is 5.69 Å². The molecule has 15 heavy (non-hydrogen) atoms. The Hall–Kier alpha value is -1.36. The summed E-state index contributed by atoms with van der Waals surface area (Å²) in [4.78, 5) is 13.9. The third-order valence-electron chi connectivity index (χ3n) is 2.70. The van der Waals surface area contributed by atoms with Crippen molar-refractivity contribution in [3.8, 4) is 0 Å². The fourth-order valence-electron chi connectivity index (χ4n) is 1.86. The number of aromatic nitrogens is 2. The molecule has 2 heterocycles. The molecule has 1 aromatic rings. The number of rotatable bonds is 1. The summed E-state index contributed by atoms with van der Waals surface area (Å²) in [7, 11) is 1.79. The lowest BCUT2D eigenvalue weighted by atomic mass is 10.2. The second-order valence-corrected chi connectivity index (χ2v) is 3.95. The number of carbonyl (C=O) groups is 1. The summed E-state index contributed by atoms with van der Waals surface area (Å²) >= 11 is 0. The van der Waals surface area contributed by atoms with Gasteiger partial charge < -0.3 is 10.2 Å². The van der Waals surface area contributed by atoms with Crippen molar-refractivity contribution in [1.29, 1.82) is 0 Å². The molecule has 0 bridgehead atoms. The molecule has 1 atom stereocenters. The van der Waals surface area contributed by atoms with Gasteiger partial charge in [-0.3, -0.25) is 9.48 Å². The van der Waals surface area contributed by atoms with Crippen molar-refractivity contribution in [3.05, 3.63) is 18.0 Å². The lowest BCUT2D eigenvalue weighted by Crippen LogP contribution is -2.51. The molecule has 1 aliphatic heterocycles.